The summed E-state index contributed by atoms with van der Waals surface area (Å²) in [5.41, 5.74) is 0. The fourth-order valence-corrected chi connectivity index (χ4v) is 3.24. The van der Waals surface area contributed by atoms with Gasteiger partial charge in [-0.05, 0) is 6.42 Å². The fourth-order valence-electron chi connectivity index (χ4n) is 3.24. The molecule has 0 unspecified atom stereocenters. The van der Waals surface area contributed by atoms with Crippen molar-refractivity contribution in [3.8, 4) is 0 Å². The minimum atomic E-state index is -0.286. The molecule has 0 fully saturated rings. The van der Waals surface area contributed by atoms with E-state index < -0.39 is 0 Å². The summed E-state index contributed by atoms with van der Waals surface area (Å²) >= 11 is 0. The molecule has 47 heavy (non-hydrogen) atoms. The second kappa shape index (κ2) is 43.0. The smallest absolute Gasteiger partial charge is 0.307 e. The summed E-state index contributed by atoms with van der Waals surface area (Å²) in [5.74, 6) is -0.286. The van der Waals surface area contributed by atoms with Crippen LogP contribution in [0.3, 0.4) is 0 Å². The summed E-state index contributed by atoms with van der Waals surface area (Å²) in [4.78, 5) is 10.9. The SMILES string of the molecule is CCCCOCCOCCOCCOCCOCCOCCOCCOCCOCCOCCOCCOCCOCCC(=O)OC. The highest BCUT2D eigenvalue weighted by Gasteiger charge is 2.00. The highest BCUT2D eigenvalue weighted by Crippen LogP contribution is 1.90. The maximum Gasteiger partial charge on any atom is 0.307 e. The van der Waals surface area contributed by atoms with Crippen LogP contribution in [0.2, 0.25) is 0 Å². The summed E-state index contributed by atoms with van der Waals surface area (Å²) in [5, 5.41) is 0. The Morgan fingerprint density at radius 1 is 0.319 bits per heavy atom. The predicted molar refractivity (Wildman–Crippen MR) is 172 cm³/mol. The number of rotatable bonds is 42. The van der Waals surface area contributed by atoms with E-state index in [1.807, 2.05) is 0 Å². The first kappa shape index (κ1) is 46.0. The monoisotopic (exact) mass is 688 g/mol. The van der Waals surface area contributed by atoms with Crippen LogP contribution in [0.5, 0.6) is 0 Å². The number of hydrogen-bond acceptors (Lipinski definition) is 15. The molecule has 0 aromatic rings. The first-order valence-electron chi connectivity index (χ1n) is 16.9. The average Bonchev–Trinajstić information content (AvgIpc) is 3.08. The molecule has 0 atom stereocenters. The van der Waals surface area contributed by atoms with Gasteiger partial charge in [0.05, 0.1) is 179 Å². The molecule has 0 aliphatic heterocycles. The van der Waals surface area contributed by atoms with Crippen LogP contribution in [0.4, 0.5) is 0 Å². The number of hydrogen-bond donors (Lipinski definition) is 0. The lowest BCUT2D eigenvalue weighted by atomic mass is 10.4. The summed E-state index contributed by atoms with van der Waals surface area (Å²) in [6.45, 7) is 15.5. The molecule has 0 aromatic heterocycles. The van der Waals surface area contributed by atoms with Crippen molar-refractivity contribution in [1.29, 1.82) is 0 Å². The van der Waals surface area contributed by atoms with Crippen molar-refractivity contribution < 1.29 is 71.1 Å². The molecule has 0 N–H and O–H groups in total. The Morgan fingerprint density at radius 2 is 0.511 bits per heavy atom. The molecule has 0 radical (unpaired) electrons. The second-order valence-corrected chi connectivity index (χ2v) is 9.64. The molecule has 0 saturated carbocycles. The molecule has 0 saturated heterocycles. The third-order valence-electron chi connectivity index (χ3n) is 5.78. The van der Waals surface area contributed by atoms with E-state index in [4.69, 9.17) is 61.6 Å². The molecular formula is C32H64O15. The van der Waals surface area contributed by atoms with Gasteiger partial charge in [-0.1, -0.05) is 13.3 Å². The van der Waals surface area contributed by atoms with Crippen molar-refractivity contribution >= 4 is 5.97 Å². The van der Waals surface area contributed by atoms with E-state index in [1.54, 1.807) is 0 Å². The van der Waals surface area contributed by atoms with E-state index in [9.17, 15) is 4.79 Å². The quantitative estimate of drug-likeness (QED) is 0.0675. The van der Waals surface area contributed by atoms with Crippen LogP contribution in [-0.4, -0.2) is 185 Å². The molecule has 0 aromatic carbocycles. The Morgan fingerprint density at radius 3 is 0.702 bits per heavy atom. The lowest BCUT2D eigenvalue weighted by Gasteiger charge is -2.09. The molecule has 0 aliphatic carbocycles. The Balaban J connectivity index is 3.05. The first-order chi connectivity index (χ1) is 23.3. The molecule has 0 rings (SSSR count). The van der Waals surface area contributed by atoms with Gasteiger partial charge in [0.15, 0.2) is 0 Å². The number of carbonyl (C=O) groups excluding carboxylic acids is 1. The van der Waals surface area contributed by atoms with Crippen molar-refractivity contribution in [2.24, 2.45) is 0 Å². The lowest BCUT2D eigenvalue weighted by molar-refractivity contribution is -0.141. The van der Waals surface area contributed by atoms with E-state index in [0.29, 0.717) is 165 Å². The number of esters is 1. The van der Waals surface area contributed by atoms with Gasteiger partial charge >= 0.3 is 5.97 Å². The van der Waals surface area contributed by atoms with Crippen molar-refractivity contribution in [3.05, 3.63) is 0 Å². The molecule has 0 heterocycles. The molecule has 0 bridgehead atoms. The Kier molecular flexibility index (Phi) is 42.0. The summed E-state index contributed by atoms with van der Waals surface area (Å²) in [6, 6.07) is 0. The van der Waals surface area contributed by atoms with E-state index >= 15 is 0 Å². The Bertz CT molecular complexity index is 589. The van der Waals surface area contributed by atoms with Gasteiger partial charge in [0.1, 0.15) is 0 Å². The summed E-state index contributed by atoms with van der Waals surface area (Å²) in [6.07, 6.45) is 2.48. The minimum Gasteiger partial charge on any atom is -0.469 e. The molecule has 282 valence electrons. The largest absolute Gasteiger partial charge is 0.469 e. The van der Waals surface area contributed by atoms with Crippen molar-refractivity contribution in [2.75, 3.05) is 179 Å². The highest BCUT2D eigenvalue weighted by atomic mass is 16.6. The van der Waals surface area contributed by atoms with Crippen LogP contribution in [0, 0.1) is 0 Å². The lowest BCUT2D eigenvalue weighted by Crippen LogP contribution is -2.15. The molecule has 15 nitrogen and oxygen atoms in total. The van der Waals surface area contributed by atoms with Gasteiger partial charge in [0.25, 0.3) is 0 Å². The molecule has 0 spiro atoms. The molecular weight excluding hydrogens is 624 g/mol. The maximum absolute atomic E-state index is 10.9. The number of carbonyl (C=O) groups is 1. The van der Waals surface area contributed by atoms with Crippen LogP contribution in [0.25, 0.3) is 0 Å². The van der Waals surface area contributed by atoms with Crippen LogP contribution in [0.15, 0.2) is 0 Å². The summed E-state index contributed by atoms with van der Waals surface area (Å²) in [7, 11) is 1.35. The van der Waals surface area contributed by atoms with E-state index in [-0.39, 0.29) is 12.4 Å². The first-order valence-corrected chi connectivity index (χ1v) is 16.9. The van der Waals surface area contributed by atoms with Gasteiger partial charge < -0.3 is 66.3 Å². The van der Waals surface area contributed by atoms with Gasteiger partial charge in [-0.25, -0.2) is 0 Å². The fraction of sp³-hybridized carbons (Fsp3) is 0.969. The van der Waals surface area contributed by atoms with Crippen LogP contribution >= 0.6 is 0 Å². The average molecular weight is 689 g/mol. The van der Waals surface area contributed by atoms with Crippen molar-refractivity contribution in [1.82, 2.24) is 0 Å². The number of ether oxygens (including phenoxy) is 14. The minimum absolute atomic E-state index is 0.244. The zero-order valence-corrected chi connectivity index (χ0v) is 29.1. The molecule has 0 aliphatic rings. The van der Waals surface area contributed by atoms with E-state index in [1.165, 1.54) is 7.11 Å². The number of methoxy groups -OCH3 is 1. The third-order valence-corrected chi connectivity index (χ3v) is 5.78. The van der Waals surface area contributed by atoms with Gasteiger partial charge in [-0.15, -0.1) is 0 Å². The van der Waals surface area contributed by atoms with Gasteiger partial charge in [0.2, 0.25) is 0 Å². The third kappa shape index (κ3) is 42.9. The maximum atomic E-state index is 10.9. The topological polar surface area (TPSA) is 146 Å². The van der Waals surface area contributed by atoms with Gasteiger partial charge in [0, 0.05) is 6.61 Å². The van der Waals surface area contributed by atoms with Crippen LogP contribution in [-0.2, 0) is 71.1 Å². The van der Waals surface area contributed by atoms with E-state index in [0.717, 1.165) is 19.4 Å². The Hall–Kier alpha value is -1.05. The standard InChI is InChI=1S/C32H64O15/c1-3-4-6-35-8-10-37-12-14-39-16-18-41-20-22-43-24-26-45-28-30-47-31-29-46-27-25-44-23-21-42-19-17-40-15-13-38-11-9-36-7-5-32(33)34-2/h3-31H2,1-2H3. The van der Waals surface area contributed by atoms with Crippen LogP contribution in [0.1, 0.15) is 26.2 Å². The zero-order chi connectivity index (χ0) is 34.0. The second-order valence-electron chi connectivity index (χ2n) is 9.64. The van der Waals surface area contributed by atoms with Crippen LogP contribution < -0.4 is 0 Å². The predicted octanol–water partition coefficient (Wildman–Crippen LogP) is 1.57. The van der Waals surface area contributed by atoms with E-state index in [2.05, 4.69) is 11.7 Å². The zero-order valence-electron chi connectivity index (χ0n) is 29.1. The number of unbranched alkanes of at least 4 members (excludes halogenated alkanes) is 1. The van der Waals surface area contributed by atoms with Crippen molar-refractivity contribution in [3.63, 3.8) is 0 Å². The van der Waals surface area contributed by atoms with Gasteiger partial charge in [-0.3, -0.25) is 4.79 Å². The van der Waals surface area contributed by atoms with Crippen molar-refractivity contribution in [2.45, 2.75) is 26.2 Å². The highest BCUT2D eigenvalue weighted by molar-refractivity contribution is 5.69. The van der Waals surface area contributed by atoms with Gasteiger partial charge in [-0.2, -0.15) is 0 Å². The molecule has 15 heteroatoms. The molecule has 0 amide bonds. The normalized spacial score (nSPS) is 11.4. The summed E-state index contributed by atoms with van der Waals surface area (Å²) < 4.78 is 75.2. The Labute approximate surface area is 282 Å².